The monoisotopic (exact) mass is 369 g/mol. The summed E-state index contributed by atoms with van der Waals surface area (Å²) in [5.41, 5.74) is -0.375. The van der Waals surface area contributed by atoms with E-state index in [9.17, 15) is 19.3 Å². The number of benzene rings is 1. The number of halogens is 1. The Labute approximate surface area is 151 Å². The summed E-state index contributed by atoms with van der Waals surface area (Å²) in [5, 5.41) is 13.3. The first kappa shape index (κ1) is 20.1. The highest BCUT2D eigenvalue weighted by Gasteiger charge is 2.21. The SMILES string of the molecule is CC(C)CN1CCOC(CNC(=O)COc2ccc([N+](=O)[O-])cc2F)C1. The van der Waals surface area contributed by atoms with Gasteiger partial charge in [-0.3, -0.25) is 19.8 Å². The number of nitrogens with zero attached hydrogens (tertiary/aromatic N) is 2. The molecule has 0 radical (unpaired) electrons. The molecule has 0 aromatic heterocycles. The Balaban J connectivity index is 1.74. The number of amides is 1. The van der Waals surface area contributed by atoms with Gasteiger partial charge in [-0.1, -0.05) is 13.8 Å². The van der Waals surface area contributed by atoms with Crippen LogP contribution in [-0.4, -0.2) is 61.2 Å². The molecule has 0 aliphatic carbocycles. The highest BCUT2D eigenvalue weighted by atomic mass is 19.1. The second kappa shape index (κ2) is 9.44. The van der Waals surface area contributed by atoms with Crippen molar-refractivity contribution in [1.29, 1.82) is 0 Å². The number of nitrogens with one attached hydrogen (secondary N) is 1. The van der Waals surface area contributed by atoms with E-state index >= 15 is 0 Å². The maximum atomic E-state index is 13.7. The standard InChI is InChI=1S/C17H24FN3O5/c1-12(2)9-20-5-6-25-14(10-20)8-19-17(22)11-26-16-4-3-13(21(23)24)7-15(16)18/h3-4,7,12,14H,5-6,8-11H2,1-2H3,(H,19,22). The molecule has 9 heteroatoms. The van der Waals surface area contributed by atoms with Crippen molar-refractivity contribution in [3.05, 3.63) is 34.1 Å². The van der Waals surface area contributed by atoms with Crippen LogP contribution in [0.5, 0.6) is 5.75 Å². The predicted octanol–water partition coefficient (Wildman–Crippen LogP) is 1.59. The lowest BCUT2D eigenvalue weighted by Crippen LogP contribution is -2.48. The Morgan fingerprint density at radius 3 is 2.96 bits per heavy atom. The molecule has 144 valence electrons. The normalized spacial score (nSPS) is 17.9. The number of rotatable bonds is 8. The topological polar surface area (TPSA) is 93.9 Å². The van der Waals surface area contributed by atoms with Crippen LogP contribution >= 0.6 is 0 Å². The summed E-state index contributed by atoms with van der Waals surface area (Å²) in [6, 6.07) is 3.01. The molecule has 0 saturated carbocycles. The first-order chi connectivity index (χ1) is 12.3. The van der Waals surface area contributed by atoms with E-state index in [2.05, 4.69) is 24.1 Å². The second-order valence-corrected chi connectivity index (χ2v) is 6.61. The molecular weight excluding hydrogens is 345 g/mol. The zero-order valence-electron chi connectivity index (χ0n) is 14.9. The Morgan fingerprint density at radius 1 is 1.54 bits per heavy atom. The van der Waals surface area contributed by atoms with Gasteiger partial charge >= 0.3 is 0 Å². The lowest BCUT2D eigenvalue weighted by Gasteiger charge is -2.33. The van der Waals surface area contributed by atoms with Gasteiger partial charge in [0.05, 0.1) is 23.7 Å². The van der Waals surface area contributed by atoms with Gasteiger partial charge in [-0.2, -0.15) is 0 Å². The summed E-state index contributed by atoms with van der Waals surface area (Å²) in [6.45, 7) is 7.51. The number of carbonyl (C=O) groups excluding carboxylic acids is 1. The third-order valence-electron chi connectivity index (χ3n) is 3.86. The van der Waals surface area contributed by atoms with Crippen molar-refractivity contribution in [3.8, 4) is 5.75 Å². The van der Waals surface area contributed by atoms with E-state index < -0.39 is 16.6 Å². The van der Waals surface area contributed by atoms with Crippen LogP contribution in [0.15, 0.2) is 18.2 Å². The van der Waals surface area contributed by atoms with Crippen molar-refractivity contribution < 1.29 is 23.6 Å². The van der Waals surface area contributed by atoms with Crippen molar-refractivity contribution in [2.75, 3.05) is 39.4 Å². The van der Waals surface area contributed by atoms with Crippen LogP contribution in [0, 0.1) is 21.8 Å². The fourth-order valence-corrected chi connectivity index (χ4v) is 2.73. The number of morpholine rings is 1. The van der Waals surface area contributed by atoms with Crippen LogP contribution in [-0.2, 0) is 9.53 Å². The second-order valence-electron chi connectivity index (χ2n) is 6.61. The maximum absolute atomic E-state index is 13.7. The van der Waals surface area contributed by atoms with E-state index in [1.807, 2.05) is 0 Å². The van der Waals surface area contributed by atoms with Gasteiger partial charge in [-0.15, -0.1) is 0 Å². The van der Waals surface area contributed by atoms with E-state index in [0.717, 1.165) is 37.8 Å². The fourth-order valence-electron chi connectivity index (χ4n) is 2.73. The van der Waals surface area contributed by atoms with Crippen molar-refractivity contribution in [1.82, 2.24) is 10.2 Å². The summed E-state index contributed by atoms with van der Waals surface area (Å²) < 4.78 is 24.4. The molecule has 1 fully saturated rings. The summed E-state index contributed by atoms with van der Waals surface area (Å²) in [4.78, 5) is 24.0. The molecule has 1 atom stereocenters. The number of carbonyl (C=O) groups is 1. The summed E-state index contributed by atoms with van der Waals surface area (Å²) in [5.74, 6) is -0.935. The third kappa shape index (κ3) is 6.23. The molecule has 26 heavy (non-hydrogen) atoms. The van der Waals surface area contributed by atoms with Crippen LogP contribution < -0.4 is 10.1 Å². The average molecular weight is 369 g/mol. The van der Waals surface area contributed by atoms with Crippen molar-refractivity contribution in [3.63, 3.8) is 0 Å². The first-order valence-electron chi connectivity index (χ1n) is 8.52. The summed E-state index contributed by atoms with van der Waals surface area (Å²) in [7, 11) is 0. The number of hydrogen-bond acceptors (Lipinski definition) is 6. The molecular formula is C17H24FN3O5. The van der Waals surface area contributed by atoms with Crippen molar-refractivity contribution in [2.45, 2.75) is 20.0 Å². The van der Waals surface area contributed by atoms with Gasteiger partial charge in [0, 0.05) is 32.2 Å². The molecule has 2 rings (SSSR count). The van der Waals surface area contributed by atoms with E-state index in [0.29, 0.717) is 19.1 Å². The van der Waals surface area contributed by atoms with Crippen LogP contribution in [0.25, 0.3) is 0 Å². The lowest BCUT2D eigenvalue weighted by atomic mass is 10.2. The molecule has 1 N–H and O–H groups in total. The van der Waals surface area contributed by atoms with Crippen LogP contribution in [0.2, 0.25) is 0 Å². The maximum Gasteiger partial charge on any atom is 0.272 e. The van der Waals surface area contributed by atoms with E-state index in [1.165, 1.54) is 0 Å². The number of ether oxygens (including phenoxy) is 2. The molecule has 1 aromatic rings. The molecule has 1 aliphatic rings. The van der Waals surface area contributed by atoms with E-state index in [4.69, 9.17) is 9.47 Å². The van der Waals surface area contributed by atoms with Gasteiger partial charge in [0.15, 0.2) is 18.2 Å². The van der Waals surface area contributed by atoms with E-state index in [1.54, 1.807) is 0 Å². The molecule has 0 spiro atoms. The molecule has 1 aromatic carbocycles. The van der Waals surface area contributed by atoms with Gasteiger partial charge in [0.2, 0.25) is 0 Å². The number of hydrogen-bond donors (Lipinski definition) is 1. The lowest BCUT2D eigenvalue weighted by molar-refractivity contribution is -0.385. The van der Waals surface area contributed by atoms with Gasteiger partial charge in [0.1, 0.15) is 0 Å². The molecule has 1 saturated heterocycles. The number of nitro groups is 1. The third-order valence-corrected chi connectivity index (χ3v) is 3.86. The first-order valence-corrected chi connectivity index (χ1v) is 8.52. The van der Waals surface area contributed by atoms with Crippen molar-refractivity contribution in [2.24, 2.45) is 5.92 Å². The van der Waals surface area contributed by atoms with Gasteiger partial charge in [-0.05, 0) is 12.0 Å². The minimum Gasteiger partial charge on any atom is -0.481 e. The predicted molar refractivity (Wildman–Crippen MR) is 92.6 cm³/mol. The highest BCUT2D eigenvalue weighted by molar-refractivity contribution is 5.77. The minimum atomic E-state index is -0.882. The summed E-state index contributed by atoms with van der Waals surface area (Å²) in [6.07, 6.45) is -0.0949. The molecule has 1 heterocycles. The Hall–Kier alpha value is -2.26. The Bertz CT molecular complexity index is 641. The quantitative estimate of drug-likeness (QED) is 0.552. The average Bonchev–Trinajstić information content (AvgIpc) is 2.58. The zero-order chi connectivity index (χ0) is 19.1. The Morgan fingerprint density at radius 2 is 2.31 bits per heavy atom. The fraction of sp³-hybridized carbons (Fsp3) is 0.588. The van der Waals surface area contributed by atoms with Crippen molar-refractivity contribution >= 4 is 11.6 Å². The van der Waals surface area contributed by atoms with Gasteiger partial charge in [-0.25, -0.2) is 4.39 Å². The number of nitro benzene ring substituents is 1. The zero-order valence-corrected chi connectivity index (χ0v) is 14.9. The minimum absolute atomic E-state index is 0.0949. The molecule has 1 unspecified atom stereocenters. The number of non-ortho nitro benzene ring substituents is 1. The van der Waals surface area contributed by atoms with Crippen LogP contribution in [0.3, 0.4) is 0 Å². The highest BCUT2D eigenvalue weighted by Crippen LogP contribution is 2.22. The molecule has 1 amide bonds. The van der Waals surface area contributed by atoms with Crippen LogP contribution in [0.4, 0.5) is 10.1 Å². The van der Waals surface area contributed by atoms with Crippen LogP contribution in [0.1, 0.15) is 13.8 Å². The molecule has 8 nitrogen and oxygen atoms in total. The van der Waals surface area contributed by atoms with Gasteiger partial charge in [0.25, 0.3) is 11.6 Å². The summed E-state index contributed by atoms with van der Waals surface area (Å²) >= 11 is 0. The Kier molecular flexibility index (Phi) is 7.28. The smallest absolute Gasteiger partial charge is 0.272 e. The molecule has 1 aliphatic heterocycles. The largest absolute Gasteiger partial charge is 0.481 e. The van der Waals surface area contributed by atoms with E-state index in [-0.39, 0.29) is 24.1 Å². The molecule has 0 bridgehead atoms. The van der Waals surface area contributed by atoms with Gasteiger partial charge < -0.3 is 14.8 Å².